The third-order valence-corrected chi connectivity index (χ3v) is 5.25. The fraction of sp³-hybridized carbons (Fsp3) is 0.684. The molecule has 26 heavy (non-hydrogen) atoms. The number of methoxy groups -OCH3 is 1. The van der Waals surface area contributed by atoms with Crippen LogP contribution < -0.4 is 10.1 Å². The van der Waals surface area contributed by atoms with Crippen LogP contribution >= 0.6 is 0 Å². The number of carbonyl (C=O) groups is 2. The summed E-state index contributed by atoms with van der Waals surface area (Å²) in [6, 6.07) is 0. The lowest BCUT2D eigenvalue weighted by Gasteiger charge is -2.29. The Labute approximate surface area is 153 Å². The summed E-state index contributed by atoms with van der Waals surface area (Å²) < 4.78 is 10.7. The van der Waals surface area contributed by atoms with Crippen molar-refractivity contribution in [3.63, 3.8) is 0 Å². The number of ether oxygens (including phenoxy) is 2. The fourth-order valence-corrected chi connectivity index (χ4v) is 2.96. The summed E-state index contributed by atoms with van der Waals surface area (Å²) in [5.74, 6) is 0.542. The van der Waals surface area contributed by atoms with Gasteiger partial charge in [0.1, 0.15) is 11.2 Å². The highest BCUT2D eigenvalue weighted by Crippen LogP contribution is 2.42. The number of hydrogen-bond acceptors (Lipinski definition) is 6. The number of nitrogens with one attached hydrogen (secondary N) is 1. The molecule has 0 unspecified atom stereocenters. The molecule has 0 bridgehead atoms. The summed E-state index contributed by atoms with van der Waals surface area (Å²) >= 11 is 0. The van der Waals surface area contributed by atoms with Crippen LogP contribution in [0, 0.1) is 5.92 Å². The molecule has 1 aromatic heterocycles. The van der Waals surface area contributed by atoms with E-state index in [-0.39, 0.29) is 5.69 Å². The van der Waals surface area contributed by atoms with Gasteiger partial charge in [-0.3, -0.25) is 9.78 Å². The van der Waals surface area contributed by atoms with Gasteiger partial charge >= 0.3 is 5.97 Å². The van der Waals surface area contributed by atoms with Crippen LogP contribution in [-0.2, 0) is 9.53 Å². The third-order valence-electron chi connectivity index (χ3n) is 5.25. The molecule has 2 aliphatic rings. The van der Waals surface area contributed by atoms with Gasteiger partial charge in [0.05, 0.1) is 19.9 Å². The van der Waals surface area contributed by atoms with E-state index in [0.29, 0.717) is 37.2 Å². The second-order valence-electron chi connectivity index (χ2n) is 7.21. The monoisotopic (exact) mass is 361 g/mol. The summed E-state index contributed by atoms with van der Waals surface area (Å²) in [7, 11) is 1.32. The Morgan fingerprint density at radius 1 is 1.23 bits per heavy atom. The zero-order valence-electron chi connectivity index (χ0n) is 15.7. The summed E-state index contributed by atoms with van der Waals surface area (Å²) in [6.07, 6.45) is 6.86. The Hall–Kier alpha value is -2.18. The lowest BCUT2D eigenvalue weighted by molar-refractivity contribution is -0.148. The topological polar surface area (TPSA) is 90.4 Å². The van der Waals surface area contributed by atoms with E-state index in [4.69, 9.17) is 9.47 Å². The minimum Gasteiger partial charge on any atom is -0.476 e. The second-order valence-corrected chi connectivity index (χ2v) is 7.21. The molecule has 0 aliphatic heterocycles. The van der Waals surface area contributed by atoms with E-state index in [2.05, 4.69) is 15.3 Å². The van der Waals surface area contributed by atoms with Crippen molar-refractivity contribution in [3.8, 4) is 5.88 Å². The van der Waals surface area contributed by atoms with Crippen LogP contribution in [0.4, 0.5) is 0 Å². The van der Waals surface area contributed by atoms with Crippen molar-refractivity contribution < 1.29 is 19.1 Å². The molecular weight excluding hydrogens is 334 g/mol. The van der Waals surface area contributed by atoms with Gasteiger partial charge in [-0.2, -0.15) is 0 Å². The fourth-order valence-electron chi connectivity index (χ4n) is 2.96. The zero-order valence-corrected chi connectivity index (χ0v) is 15.7. The number of aromatic nitrogens is 2. The molecule has 0 radical (unpaired) electrons. The molecular formula is C19H27N3O4. The van der Waals surface area contributed by atoms with Gasteiger partial charge in [-0.1, -0.05) is 13.8 Å². The Balaban J connectivity index is 1.79. The third kappa shape index (κ3) is 3.97. The van der Waals surface area contributed by atoms with Crippen LogP contribution in [0.2, 0.25) is 0 Å². The van der Waals surface area contributed by atoms with Crippen LogP contribution in [0.25, 0.3) is 0 Å². The zero-order chi connectivity index (χ0) is 18.7. The van der Waals surface area contributed by atoms with Gasteiger partial charge in [0, 0.05) is 5.92 Å². The van der Waals surface area contributed by atoms with E-state index in [1.165, 1.54) is 26.1 Å². The van der Waals surface area contributed by atoms with E-state index in [9.17, 15) is 9.59 Å². The van der Waals surface area contributed by atoms with Crippen molar-refractivity contribution in [3.05, 3.63) is 17.6 Å². The number of esters is 1. The average Bonchev–Trinajstić information content (AvgIpc) is 3.57. The molecule has 0 atom stereocenters. The van der Waals surface area contributed by atoms with Crippen LogP contribution in [0.5, 0.6) is 5.88 Å². The molecule has 1 N–H and O–H groups in total. The van der Waals surface area contributed by atoms with Gasteiger partial charge in [-0.25, -0.2) is 9.78 Å². The Morgan fingerprint density at radius 2 is 1.92 bits per heavy atom. The molecule has 2 fully saturated rings. The van der Waals surface area contributed by atoms with Gasteiger partial charge in [0.2, 0.25) is 5.88 Å². The summed E-state index contributed by atoms with van der Waals surface area (Å²) in [5, 5.41) is 2.79. The first-order valence-electron chi connectivity index (χ1n) is 9.43. The number of amides is 1. The normalized spacial score (nSPS) is 16.9. The highest BCUT2D eigenvalue weighted by Gasteiger charge is 2.38. The molecule has 7 nitrogen and oxygen atoms in total. The highest BCUT2D eigenvalue weighted by atomic mass is 16.5. The van der Waals surface area contributed by atoms with Crippen LogP contribution in [0.15, 0.2) is 6.20 Å². The molecule has 1 amide bonds. The van der Waals surface area contributed by atoms with Gasteiger partial charge in [0.25, 0.3) is 5.91 Å². The minimum atomic E-state index is -1.06. The first kappa shape index (κ1) is 18.6. The van der Waals surface area contributed by atoms with Gasteiger partial charge in [0.15, 0.2) is 5.69 Å². The van der Waals surface area contributed by atoms with Crippen LogP contribution in [0.1, 0.15) is 74.5 Å². The van der Waals surface area contributed by atoms with Crippen molar-refractivity contribution >= 4 is 11.9 Å². The summed E-state index contributed by atoms with van der Waals surface area (Å²) in [4.78, 5) is 33.8. The molecule has 0 aromatic carbocycles. The highest BCUT2D eigenvalue weighted by molar-refractivity contribution is 5.96. The molecule has 0 saturated heterocycles. The average molecular weight is 361 g/mol. The Morgan fingerprint density at radius 3 is 2.46 bits per heavy atom. The van der Waals surface area contributed by atoms with Gasteiger partial charge in [-0.05, 0) is 44.4 Å². The Kier molecular flexibility index (Phi) is 5.44. The SMILES string of the molecule is CCC(CC)(NC(=O)c1cnc(C2CC2)c(OCC2CC2)n1)C(=O)OC. The predicted molar refractivity (Wildman–Crippen MR) is 95.0 cm³/mol. The molecule has 2 saturated carbocycles. The minimum absolute atomic E-state index is 0.162. The maximum absolute atomic E-state index is 12.7. The van der Waals surface area contributed by atoms with Crippen LogP contribution in [-0.4, -0.2) is 41.1 Å². The quantitative estimate of drug-likeness (QED) is 0.680. The van der Waals surface area contributed by atoms with Crippen molar-refractivity contribution in [1.82, 2.24) is 15.3 Å². The molecule has 7 heteroatoms. The maximum Gasteiger partial charge on any atom is 0.331 e. The van der Waals surface area contributed by atoms with Crippen molar-refractivity contribution in [2.24, 2.45) is 5.92 Å². The van der Waals surface area contributed by atoms with Crippen molar-refractivity contribution in [1.29, 1.82) is 0 Å². The van der Waals surface area contributed by atoms with Gasteiger partial charge in [-0.15, -0.1) is 0 Å². The standard InChI is InChI=1S/C19H27N3O4/c1-4-19(5-2,18(24)25-3)22-16(23)14-10-20-15(13-8-9-13)17(21-14)26-11-12-6-7-12/h10,12-13H,4-9,11H2,1-3H3,(H,22,23). The lowest BCUT2D eigenvalue weighted by atomic mass is 9.92. The molecule has 2 aliphatic carbocycles. The largest absolute Gasteiger partial charge is 0.476 e. The number of carbonyl (C=O) groups excluding carboxylic acids is 2. The molecule has 3 rings (SSSR count). The van der Waals surface area contributed by atoms with Crippen molar-refractivity contribution in [2.45, 2.75) is 63.8 Å². The number of rotatable bonds is 9. The maximum atomic E-state index is 12.7. The van der Waals surface area contributed by atoms with E-state index < -0.39 is 17.4 Å². The van der Waals surface area contributed by atoms with E-state index in [1.54, 1.807) is 0 Å². The molecule has 1 aromatic rings. The molecule has 0 spiro atoms. The van der Waals surface area contributed by atoms with Crippen LogP contribution in [0.3, 0.4) is 0 Å². The summed E-state index contributed by atoms with van der Waals surface area (Å²) in [5.41, 5.74) is -0.0552. The lowest BCUT2D eigenvalue weighted by Crippen LogP contribution is -2.54. The first-order valence-corrected chi connectivity index (χ1v) is 9.43. The van der Waals surface area contributed by atoms with Gasteiger partial charge < -0.3 is 14.8 Å². The van der Waals surface area contributed by atoms with E-state index in [1.807, 2.05) is 13.8 Å². The van der Waals surface area contributed by atoms with Crippen molar-refractivity contribution in [2.75, 3.05) is 13.7 Å². The number of nitrogens with zero attached hydrogens (tertiary/aromatic N) is 2. The van der Waals surface area contributed by atoms with E-state index in [0.717, 1.165) is 18.5 Å². The number of hydrogen-bond donors (Lipinski definition) is 1. The smallest absolute Gasteiger partial charge is 0.331 e. The predicted octanol–water partition coefficient (Wildman–Crippen LogP) is 2.60. The second kappa shape index (κ2) is 7.60. The van der Waals surface area contributed by atoms with E-state index >= 15 is 0 Å². The summed E-state index contributed by atoms with van der Waals surface area (Å²) in [6.45, 7) is 4.30. The first-order chi connectivity index (χ1) is 12.5. The Bertz CT molecular complexity index is 679. The molecule has 142 valence electrons. The molecule has 1 heterocycles.